The van der Waals surface area contributed by atoms with E-state index in [0.29, 0.717) is 18.3 Å². The van der Waals surface area contributed by atoms with Crippen molar-refractivity contribution in [3.8, 4) is 11.4 Å². The zero-order valence-electron chi connectivity index (χ0n) is 14.8. The van der Waals surface area contributed by atoms with Crippen molar-refractivity contribution in [2.24, 2.45) is 0 Å². The predicted octanol–water partition coefficient (Wildman–Crippen LogP) is 2.49. The molecule has 0 aliphatic carbocycles. The molecule has 0 N–H and O–H groups in total. The van der Waals surface area contributed by atoms with Gasteiger partial charge >= 0.3 is 0 Å². The number of benzene rings is 1. The first-order valence-corrected chi connectivity index (χ1v) is 9.08. The molecule has 6 heteroatoms. The van der Waals surface area contributed by atoms with Crippen LogP contribution in [0.2, 0.25) is 0 Å². The lowest BCUT2D eigenvalue weighted by Crippen LogP contribution is -2.46. The summed E-state index contributed by atoms with van der Waals surface area (Å²) >= 11 is 0. The van der Waals surface area contributed by atoms with Crippen LogP contribution in [-0.4, -0.2) is 57.6 Å². The van der Waals surface area contributed by atoms with Crippen LogP contribution in [0.4, 0.5) is 0 Å². The Labute approximate surface area is 153 Å². The second-order valence-corrected chi connectivity index (χ2v) is 6.60. The average Bonchev–Trinajstić information content (AvgIpc) is 3.17. The van der Waals surface area contributed by atoms with Gasteiger partial charge in [-0.15, -0.1) is 0 Å². The standard InChI is InChI=1S/C20H23N5O/c1-2-4-17(5-3-1)8-11-24-12-14-25(15-13-24)16-19-22-20(23-26-19)18-6-9-21-10-7-18/h1-7,9-10H,8,11-16H2. The molecule has 4 rings (SSSR count). The third kappa shape index (κ3) is 4.33. The Morgan fingerprint density at radius 3 is 2.38 bits per heavy atom. The Balaban J connectivity index is 1.25. The summed E-state index contributed by atoms with van der Waals surface area (Å²) in [5, 5.41) is 4.08. The molecule has 134 valence electrons. The van der Waals surface area contributed by atoms with E-state index >= 15 is 0 Å². The van der Waals surface area contributed by atoms with Gasteiger partial charge in [-0.25, -0.2) is 0 Å². The van der Waals surface area contributed by atoms with Crippen LogP contribution in [0.3, 0.4) is 0 Å². The predicted molar refractivity (Wildman–Crippen MR) is 99.4 cm³/mol. The highest BCUT2D eigenvalue weighted by Crippen LogP contribution is 2.15. The highest BCUT2D eigenvalue weighted by Gasteiger charge is 2.19. The van der Waals surface area contributed by atoms with Crippen LogP contribution >= 0.6 is 0 Å². The number of aromatic nitrogens is 3. The van der Waals surface area contributed by atoms with Crippen LogP contribution in [0.5, 0.6) is 0 Å². The maximum atomic E-state index is 5.42. The maximum Gasteiger partial charge on any atom is 0.241 e. The molecular weight excluding hydrogens is 326 g/mol. The lowest BCUT2D eigenvalue weighted by atomic mass is 10.1. The van der Waals surface area contributed by atoms with Gasteiger partial charge in [-0.1, -0.05) is 35.5 Å². The molecule has 26 heavy (non-hydrogen) atoms. The molecule has 0 atom stereocenters. The van der Waals surface area contributed by atoms with E-state index in [2.05, 4.69) is 55.3 Å². The SMILES string of the molecule is c1ccc(CCN2CCN(Cc3nc(-c4ccncc4)no3)CC2)cc1. The van der Waals surface area contributed by atoms with Crippen molar-refractivity contribution >= 4 is 0 Å². The van der Waals surface area contributed by atoms with Crippen LogP contribution in [0.15, 0.2) is 59.4 Å². The van der Waals surface area contributed by atoms with Crippen molar-refractivity contribution < 1.29 is 4.52 Å². The van der Waals surface area contributed by atoms with Crippen molar-refractivity contribution in [3.05, 3.63) is 66.3 Å². The quantitative estimate of drug-likeness (QED) is 0.681. The number of hydrogen-bond acceptors (Lipinski definition) is 6. The van der Waals surface area contributed by atoms with Gasteiger partial charge in [-0.2, -0.15) is 4.98 Å². The lowest BCUT2D eigenvalue weighted by Gasteiger charge is -2.33. The van der Waals surface area contributed by atoms with E-state index < -0.39 is 0 Å². The molecule has 2 aromatic heterocycles. The normalized spacial score (nSPS) is 16.0. The maximum absolute atomic E-state index is 5.42. The topological polar surface area (TPSA) is 58.3 Å². The molecule has 6 nitrogen and oxygen atoms in total. The highest BCUT2D eigenvalue weighted by molar-refractivity contribution is 5.52. The average molecular weight is 349 g/mol. The minimum Gasteiger partial charge on any atom is -0.338 e. The van der Waals surface area contributed by atoms with E-state index in [1.165, 1.54) is 5.56 Å². The molecule has 3 heterocycles. The smallest absolute Gasteiger partial charge is 0.241 e. The number of piperazine rings is 1. The van der Waals surface area contributed by atoms with E-state index in [-0.39, 0.29) is 0 Å². The van der Waals surface area contributed by atoms with Gasteiger partial charge in [0.05, 0.1) is 6.54 Å². The van der Waals surface area contributed by atoms with E-state index in [1.54, 1.807) is 12.4 Å². The molecule has 1 aliphatic rings. The van der Waals surface area contributed by atoms with Crippen LogP contribution in [-0.2, 0) is 13.0 Å². The first kappa shape index (κ1) is 16.9. The summed E-state index contributed by atoms with van der Waals surface area (Å²) in [7, 11) is 0. The van der Waals surface area contributed by atoms with Crippen molar-refractivity contribution in [2.75, 3.05) is 32.7 Å². The second kappa shape index (κ2) is 8.21. The van der Waals surface area contributed by atoms with Crippen molar-refractivity contribution in [2.45, 2.75) is 13.0 Å². The summed E-state index contributed by atoms with van der Waals surface area (Å²) in [5.41, 5.74) is 2.34. The van der Waals surface area contributed by atoms with Crippen molar-refractivity contribution in [1.82, 2.24) is 24.9 Å². The minimum atomic E-state index is 0.629. The van der Waals surface area contributed by atoms with E-state index in [1.807, 2.05) is 12.1 Å². The van der Waals surface area contributed by atoms with Gasteiger partial charge in [0, 0.05) is 50.7 Å². The molecule has 3 aromatic rings. The molecule has 0 radical (unpaired) electrons. The zero-order chi connectivity index (χ0) is 17.6. The third-order valence-electron chi connectivity index (χ3n) is 4.79. The summed E-state index contributed by atoms with van der Waals surface area (Å²) < 4.78 is 5.42. The summed E-state index contributed by atoms with van der Waals surface area (Å²) in [6.07, 6.45) is 4.58. The highest BCUT2D eigenvalue weighted by atomic mass is 16.5. The fourth-order valence-electron chi connectivity index (χ4n) is 3.23. The Morgan fingerprint density at radius 2 is 1.62 bits per heavy atom. The summed E-state index contributed by atoms with van der Waals surface area (Å²) in [6, 6.07) is 14.5. The van der Waals surface area contributed by atoms with Gasteiger partial charge in [-0.05, 0) is 24.1 Å². The van der Waals surface area contributed by atoms with Crippen molar-refractivity contribution in [3.63, 3.8) is 0 Å². The van der Waals surface area contributed by atoms with Crippen molar-refractivity contribution in [1.29, 1.82) is 0 Å². The fraction of sp³-hybridized carbons (Fsp3) is 0.350. The molecule has 1 saturated heterocycles. The number of hydrogen-bond donors (Lipinski definition) is 0. The first-order chi connectivity index (χ1) is 12.9. The van der Waals surface area contributed by atoms with Crippen LogP contribution in [0.1, 0.15) is 11.5 Å². The van der Waals surface area contributed by atoms with Gasteiger partial charge in [0.25, 0.3) is 0 Å². The molecule has 1 aromatic carbocycles. The zero-order valence-corrected chi connectivity index (χ0v) is 14.8. The Hall–Kier alpha value is -2.57. The lowest BCUT2D eigenvalue weighted by molar-refractivity contribution is 0.118. The molecule has 0 unspecified atom stereocenters. The van der Waals surface area contributed by atoms with Crippen LogP contribution in [0.25, 0.3) is 11.4 Å². The molecular formula is C20H23N5O. The minimum absolute atomic E-state index is 0.629. The molecule has 1 aliphatic heterocycles. The Morgan fingerprint density at radius 1 is 0.885 bits per heavy atom. The summed E-state index contributed by atoms with van der Waals surface area (Å²) in [5.74, 6) is 1.30. The first-order valence-electron chi connectivity index (χ1n) is 9.08. The fourth-order valence-corrected chi connectivity index (χ4v) is 3.23. The largest absolute Gasteiger partial charge is 0.338 e. The van der Waals surface area contributed by atoms with E-state index in [4.69, 9.17) is 4.52 Å². The summed E-state index contributed by atoms with van der Waals surface area (Å²) in [4.78, 5) is 13.4. The molecule has 1 fully saturated rings. The van der Waals surface area contributed by atoms with Gasteiger partial charge in [0.1, 0.15) is 0 Å². The number of pyridine rings is 1. The van der Waals surface area contributed by atoms with Gasteiger partial charge in [-0.3, -0.25) is 9.88 Å². The Kier molecular flexibility index (Phi) is 5.33. The monoisotopic (exact) mass is 349 g/mol. The molecule has 0 spiro atoms. The molecule has 0 bridgehead atoms. The second-order valence-electron chi connectivity index (χ2n) is 6.60. The van der Waals surface area contributed by atoms with Crippen LogP contribution < -0.4 is 0 Å². The van der Waals surface area contributed by atoms with E-state index in [0.717, 1.165) is 44.7 Å². The van der Waals surface area contributed by atoms with Gasteiger partial charge in [0.2, 0.25) is 11.7 Å². The molecule has 0 amide bonds. The van der Waals surface area contributed by atoms with E-state index in [9.17, 15) is 0 Å². The van der Waals surface area contributed by atoms with Gasteiger partial charge in [0.15, 0.2) is 0 Å². The number of nitrogens with zero attached hydrogens (tertiary/aromatic N) is 5. The third-order valence-corrected chi connectivity index (χ3v) is 4.79. The Bertz CT molecular complexity index is 797. The summed E-state index contributed by atoms with van der Waals surface area (Å²) in [6.45, 7) is 6.05. The van der Waals surface area contributed by atoms with Gasteiger partial charge < -0.3 is 9.42 Å². The molecule has 0 saturated carbocycles. The number of rotatable bonds is 6. The van der Waals surface area contributed by atoms with Crippen LogP contribution in [0, 0.1) is 0 Å².